The second-order valence-corrected chi connectivity index (χ2v) is 9.46. The highest BCUT2D eigenvalue weighted by Crippen LogP contribution is 2.38. The highest BCUT2D eigenvalue weighted by atomic mass is 35.5. The summed E-state index contributed by atoms with van der Waals surface area (Å²) >= 11 is 7.93. The summed E-state index contributed by atoms with van der Waals surface area (Å²) in [5, 5.41) is 14.0. The lowest BCUT2D eigenvalue weighted by Crippen LogP contribution is -2.12. The summed E-state index contributed by atoms with van der Waals surface area (Å²) in [7, 11) is 4.76. The lowest BCUT2D eigenvalue weighted by atomic mass is 10.1. The molecule has 37 heavy (non-hydrogen) atoms. The molecule has 0 saturated carbocycles. The van der Waals surface area contributed by atoms with Gasteiger partial charge in [-0.25, -0.2) is 0 Å². The largest absolute Gasteiger partial charge is 0.493 e. The van der Waals surface area contributed by atoms with Crippen LogP contribution in [-0.2, 0) is 13.1 Å². The number of hydrogen-bond donors (Lipinski definition) is 2. The van der Waals surface area contributed by atoms with Crippen LogP contribution in [0.5, 0.6) is 17.2 Å². The summed E-state index contributed by atoms with van der Waals surface area (Å²) in [5.74, 6) is 2.70. The van der Waals surface area contributed by atoms with Gasteiger partial charge in [0.05, 0.1) is 34.1 Å². The van der Waals surface area contributed by atoms with E-state index in [9.17, 15) is 0 Å². The molecule has 0 aliphatic carbocycles. The molecule has 0 atom stereocenters. The zero-order valence-corrected chi connectivity index (χ0v) is 22.1. The van der Waals surface area contributed by atoms with Crippen molar-refractivity contribution in [2.45, 2.75) is 13.1 Å². The molecule has 0 amide bonds. The molecule has 5 aromatic rings. The van der Waals surface area contributed by atoms with E-state index < -0.39 is 0 Å². The molecule has 0 aliphatic rings. The molecule has 3 aromatic heterocycles. The van der Waals surface area contributed by atoms with Crippen LogP contribution in [0.1, 0.15) is 10.4 Å². The SMILES string of the molecule is COc1cc(CNc2nc(NCc3cccs3)nc3c(-c4cccc(Cl)c4)cnn23)cc(OC)c1OC. The van der Waals surface area contributed by atoms with Crippen LogP contribution in [0.2, 0.25) is 5.02 Å². The summed E-state index contributed by atoms with van der Waals surface area (Å²) in [4.78, 5) is 10.7. The minimum absolute atomic E-state index is 0.430. The van der Waals surface area contributed by atoms with Crippen LogP contribution in [0.25, 0.3) is 16.8 Å². The summed E-state index contributed by atoms with van der Waals surface area (Å²) in [5.41, 5.74) is 3.33. The van der Waals surface area contributed by atoms with Crippen molar-refractivity contribution < 1.29 is 14.2 Å². The molecule has 9 nitrogen and oxygen atoms in total. The topological polar surface area (TPSA) is 94.8 Å². The first kappa shape index (κ1) is 24.7. The van der Waals surface area contributed by atoms with Gasteiger partial charge in [-0.05, 0) is 46.8 Å². The van der Waals surface area contributed by atoms with Gasteiger partial charge in [-0.2, -0.15) is 19.6 Å². The van der Waals surface area contributed by atoms with Crippen LogP contribution in [0.4, 0.5) is 11.9 Å². The van der Waals surface area contributed by atoms with E-state index >= 15 is 0 Å². The van der Waals surface area contributed by atoms with Crippen molar-refractivity contribution in [2.24, 2.45) is 0 Å². The Bertz CT molecular complexity index is 1500. The monoisotopic (exact) mass is 536 g/mol. The van der Waals surface area contributed by atoms with Crippen LogP contribution in [0.15, 0.2) is 60.1 Å². The lowest BCUT2D eigenvalue weighted by Gasteiger charge is -2.15. The van der Waals surface area contributed by atoms with Gasteiger partial charge in [0.25, 0.3) is 0 Å². The molecule has 0 fully saturated rings. The first-order valence-corrected chi connectivity index (χ1v) is 12.7. The fourth-order valence-corrected chi connectivity index (χ4v) is 4.76. The summed E-state index contributed by atoms with van der Waals surface area (Å²) in [6, 6.07) is 15.5. The van der Waals surface area contributed by atoms with Crippen molar-refractivity contribution >= 4 is 40.5 Å². The zero-order chi connectivity index (χ0) is 25.8. The zero-order valence-electron chi connectivity index (χ0n) is 20.5. The Morgan fingerprint density at radius 3 is 2.41 bits per heavy atom. The Morgan fingerprint density at radius 1 is 0.919 bits per heavy atom. The van der Waals surface area contributed by atoms with Gasteiger partial charge in [0.1, 0.15) is 0 Å². The van der Waals surface area contributed by atoms with Gasteiger partial charge >= 0.3 is 0 Å². The quantitative estimate of drug-likeness (QED) is 0.233. The fourth-order valence-electron chi connectivity index (χ4n) is 3.93. The molecule has 0 spiro atoms. The summed E-state index contributed by atoms with van der Waals surface area (Å²) in [6.45, 7) is 1.04. The second-order valence-electron chi connectivity index (χ2n) is 7.99. The van der Waals surface area contributed by atoms with Crippen LogP contribution in [0.3, 0.4) is 0 Å². The maximum atomic E-state index is 6.26. The number of thiophene rings is 1. The van der Waals surface area contributed by atoms with Gasteiger partial charge in [0.15, 0.2) is 17.1 Å². The number of benzene rings is 2. The van der Waals surface area contributed by atoms with Crippen molar-refractivity contribution in [3.63, 3.8) is 0 Å². The Labute approximate surface area is 223 Å². The van der Waals surface area contributed by atoms with Crippen molar-refractivity contribution in [1.82, 2.24) is 19.6 Å². The molecule has 5 rings (SSSR count). The molecule has 3 heterocycles. The number of hydrogen-bond acceptors (Lipinski definition) is 9. The maximum absolute atomic E-state index is 6.26. The summed E-state index contributed by atoms with van der Waals surface area (Å²) in [6.07, 6.45) is 1.77. The third kappa shape index (κ3) is 5.25. The van der Waals surface area contributed by atoms with Crippen molar-refractivity contribution in [1.29, 1.82) is 0 Å². The number of halogens is 1. The Morgan fingerprint density at radius 2 is 1.73 bits per heavy atom. The molecule has 0 bridgehead atoms. The Hall–Kier alpha value is -4.02. The number of aromatic nitrogens is 4. The van der Waals surface area contributed by atoms with Gasteiger partial charge < -0.3 is 24.8 Å². The molecule has 2 aromatic carbocycles. The van der Waals surface area contributed by atoms with Crippen LogP contribution in [0, 0.1) is 0 Å². The van der Waals surface area contributed by atoms with E-state index in [1.807, 2.05) is 47.8 Å². The van der Waals surface area contributed by atoms with Gasteiger partial charge in [-0.3, -0.25) is 0 Å². The van der Waals surface area contributed by atoms with Crippen LogP contribution < -0.4 is 24.8 Å². The third-order valence-electron chi connectivity index (χ3n) is 5.68. The molecule has 0 saturated heterocycles. The number of anilines is 2. The molecule has 0 unspecified atom stereocenters. The normalized spacial score (nSPS) is 10.9. The third-order valence-corrected chi connectivity index (χ3v) is 6.79. The average molecular weight is 537 g/mol. The molecule has 11 heteroatoms. The first-order chi connectivity index (χ1) is 18.1. The van der Waals surface area contributed by atoms with Gasteiger partial charge in [0, 0.05) is 22.0 Å². The Balaban J connectivity index is 1.51. The van der Waals surface area contributed by atoms with E-state index in [0.29, 0.717) is 52.9 Å². The minimum Gasteiger partial charge on any atom is -0.493 e. The number of nitrogens with zero attached hydrogens (tertiary/aromatic N) is 4. The van der Waals surface area contributed by atoms with Crippen molar-refractivity contribution in [3.05, 3.63) is 75.6 Å². The summed E-state index contributed by atoms with van der Waals surface area (Å²) < 4.78 is 18.1. The highest BCUT2D eigenvalue weighted by molar-refractivity contribution is 7.09. The van der Waals surface area contributed by atoms with Crippen molar-refractivity contribution in [2.75, 3.05) is 32.0 Å². The molecule has 0 radical (unpaired) electrons. The van der Waals surface area contributed by atoms with Crippen LogP contribution >= 0.6 is 22.9 Å². The van der Waals surface area contributed by atoms with E-state index in [-0.39, 0.29) is 0 Å². The number of rotatable bonds is 10. The van der Waals surface area contributed by atoms with Gasteiger partial charge in [0.2, 0.25) is 17.6 Å². The lowest BCUT2D eigenvalue weighted by molar-refractivity contribution is 0.324. The van der Waals surface area contributed by atoms with E-state index in [1.165, 1.54) is 4.88 Å². The molecular weight excluding hydrogens is 512 g/mol. The highest BCUT2D eigenvalue weighted by Gasteiger charge is 2.17. The number of nitrogens with one attached hydrogen (secondary N) is 2. The van der Waals surface area contributed by atoms with Crippen molar-refractivity contribution in [3.8, 4) is 28.4 Å². The maximum Gasteiger partial charge on any atom is 0.229 e. The predicted molar refractivity (Wildman–Crippen MR) is 146 cm³/mol. The van der Waals surface area contributed by atoms with Crippen LogP contribution in [-0.4, -0.2) is 40.9 Å². The molecule has 190 valence electrons. The average Bonchev–Trinajstić information content (AvgIpc) is 3.60. The Kier molecular flexibility index (Phi) is 7.29. The van der Waals surface area contributed by atoms with E-state index in [0.717, 1.165) is 16.7 Å². The second kappa shape index (κ2) is 10.9. The number of ether oxygens (including phenoxy) is 3. The number of methoxy groups -OCH3 is 3. The first-order valence-electron chi connectivity index (χ1n) is 11.4. The van der Waals surface area contributed by atoms with E-state index in [2.05, 4.69) is 21.8 Å². The van der Waals surface area contributed by atoms with Gasteiger partial charge in [-0.15, -0.1) is 11.3 Å². The smallest absolute Gasteiger partial charge is 0.229 e. The van der Waals surface area contributed by atoms with E-state index in [1.54, 1.807) is 43.4 Å². The fraction of sp³-hybridized carbons (Fsp3) is 0.192. The standard InChI is InChI=1S/C26H25ClN6O3S/c1-34-21-10-16(11-22(35-2)23(21)36-3)13-29-26-32-25(28-14-19-8-5-9-37-19)31-24-20(15-30-33(24)26)17-6-4-7-18(27)12-17/h4-12,15H,13-14H2,1-3H3,(H2,28,29,31,32). The molecular formula is C26H25ClN6O3S. The van der Waals surface area contributed by atoms with E-state index in [4.69, 9.17) is 35.8 Å². The number of fused-ring (bicyclic) bond motifs is 1. The predicted octanol–water partition coefficient (Wildman–Crippen LogP) is 5.76. The minimum atomic E-state index is 0.430. The molecule has 0 aliphatic heterocycles. The van der Waals surface area contributed by atoms with Gasteiger partial charge in [-0.1, -0.05) is 29.8 Å². The molecule has 2 N–H and O–H groups in total.